The van der Waals surface area contributed by atoms with E-state index in [0.717, 1.165) is 37.3 Å². The molecule has 0 amide bonds. The summed E-state index contributed by atoms with van der Waals surface area (Å²) in [5, 5.41) is 0. The van der Waals surface area contributed by atoms with Crippen molar-refractivity contribution in [2.45, 2.75) is 51.5 Å². The van der Waals surface area contributed by atoms with Crippen molar-refractivity contribution in [3.63, 3.8) is 0 Å². The van der Waals surface area contributed by atoms with Crippen LogP contribution in [-0.2, 0) is 18.3 Å². The SMILES string of the molecule is CC(C)(C)c1nc2ccccc2n1C1CN(c2ncnc3c2CCC3)C1. The molecule has 3 aromatic rings. The van der Waals surface area contributed by atoms with Crippen molar-refractivity contribution in [2.75, 3.05) is 18.0 Å². The summed E-state index contributed by atoms with van der Waals surface area (Å²) in [5.74, 6) is 2.33. The fourth-order valence-corrected chi connectivity index (χ4v) is 4.35. The van der Waals surface area contributed by atoms with Gasteiger partial charge in [0.05, 0.1) is 17.1 Å². The first-order valence-corrected chi connectivity index (χ1v) is 9.57. The average molecular weight is 347 g/mol. The van der Waals surface area contributed by atoms with Crippen molar-refractivity contribution in [1.82, 2.24) is 19.5 Å². The van der Waals surface area contributed by atoms with E-state index in [2.05, 4.69) is 64.5 Å². The Morgan fingerprint density at radius 2 is 1.85 bits per heavy atom. The highest BCUT2D eigenvalue weighted by molar-refractivity contribution is 5.76. The lowest BCUT2D eigenvalue weighted by Crippen LogP contribution is -2.49. The smallest absolute Gasteiger partial charge is 0.135 e. The zero-order valence-corrected chi connectivity index (χ0v) is 15.7. The van der Waals surface area contributed by atoms with Crippen LogP contribution in [0.25, 0.3) is 11.0 Å². The van der Waals surface area contributed by atoms with Gasteiger partial charge in [0.15, 0.2) is 0 Å². The van der Waals surface area contributed by atoms with Crippen molar-refractivity contribution >= 4 is 16.9 Å². The molecule has 5 nitrogen and oxygen atoms in total. The van der Waals surface area contributed by atoms with E-state index >= 15 is 0 Å². The predicted octanol–water partition coefficient (Wildman–Crippen LogP) is 3.67. The zero-order valence-electron chi connectivity index (χ0n) is 15.7. The van der Waals surface area contributed by atoms with E-state index in [-0.39, 0.29) is 5.41 Å². The molecule has 1 saturated heterocycles. The first-order chi connectivity index (χ1) is 12.5. The third kappa shape index (κ3) is 2.33. The van der Waals surface area contributed by atoms with Crippen molar-refractivity contribution in [3.05, 3.63) is 47.7 Å². The summed E-state index contributed by atoms with van der Waals surface area (Å²) in [4.78, 5) is 16.5. The Morgan fingerprint density at radius 3 is 2.65 bits per heavy atom. The maximum absolute atomic E-state index is 4.96. The number of aromatic nitrogens is 4. The minimum Gasteiger partial charge on any atom is -0.352 e. The molecule has 1 aliphatic carbocycles. The van der Waals surface area contributed by atoms with Gasteiger partial charge < -0.3 is 9.47 Å². The lowest BCUT2D eigenvalue weighted by molar-refractivity contribution is 0.371. The number of hydrogen-bond acceptors (Lipinski definition) is 4. The fraction of sp³-hybridized carbons (Fsp3) is 0.476. The van der Waals surface area contributed by atoms with Gasteiger partial charge in [0.2, 0.25) is 0 Å². The number of imidazole rings is 1. The summed E-state index contributed by atoms with van der Waals surface area (Å²) in [6.45, 7) is 8.73. The third-order valence-electron chi connectivity index (χ3n) is 5.65. The lowest BCUT2D eigenvalue weighted by Gasteiger charge is -2.43. The standard InChI is InChI=1S/C21H25N5/c1-21(2,3)20-24-17-8-4-5-10-18(17)26(20)14-11-25(12-14)19-15-7-6-9-16(15)22-13-23-19/h4-5,8,10,13-14H,6-7,9,11-12H2,1-3H3. The quantitative estimate of drug-likeness (QED) is 0.709. The Morgan fingerprint density at radius 1 is 1.04 bits per heavy atom. The third-order valence-corrected chi connectivity index (χ3v) is 5.65. The lowest BCUT2D eigenvalue weighted by atomic mass is 9.94. The second-order valence-electron chi connectivity index (χ2n) is 8.58. The molecule has 3 heterocycles. The van der Waals surface area contributed by atoms with Crippen LogP contribution in [0.3, 0.4) is 0 Å². The van der Waals surface area contributed by atoms with Crippen LogP contribution in [0.2, 0.25) is 0 Å². The molecule has 1 aromatic carbocycles. The maximum Gasteiger partial charge on any atom is 0.135 e. The number of anilines is 1. The Bertz CT molecular complexity index is 976. The molecule has 1 aliphatic heterocycles. The van der Waals surface area contributed by atoms with Crippen LogP contribution in [0.5, 0.6) is 0 Å². The summed E-state index contributed by atoms with van der Waals surface area (Å²) in [7, 11) is 0. The second-order valence-corrected chi connectivity index (χ2v) is 8.58. The van der Waals surface area contributed by atoms with E-state index in [1.54, 1.807) is 6.33 Å². The first kappa shape index (κ1) is 15.8. The number of nitrogens with zero attached hydrogens (tertiary/aromatic N) is 5. The van der Waals surface area contributed by atoms with Crippen molar-refractivity contribution in [3.8, 4) is 0 Å². The number of aryl methyl sites for hydroxylation is 1. The molecule has 134 valence electrons. The number of hydrogen-bond donors (Lipinski definition) is 0. The van der Waals surface area contributed by atoms with Crippen LogP contribution in [-0.4, -0.2) is 32.6 Å². The molecule has 5 heteroatoms. The van der Waals surface area contributed by atoms with E-state index in [0.29, 0.717) is 6.04 Å². The van der Waals surface area contributed by atoms with E-state index < -0.39 is 0 Å². The van der Waals surface area contributed by atoms with Crippen molar-refractivity contribution in [2.24, 2.45) is 0 Å². The summed E-state index contributed by atoms with van der Waals surface area (Å²) in [6.07, 6.45) is 5.16. The molecule has 0 saturated carbocycles. The van der Waals surface area contributed by atoms with Gasteiger partial charge in [-0.15, -0.1) is 0 Å². The normalized spacial score (nSPS) is 17.6. The molecule has 26 heavy (non-hydrogen) atoms. The maximum atomic E-state index is 4.96. The molecule has 0 spiro atoms. The highest BCUT2D eigenvalue weighted by Gasteiger charge is 2.36. The molecule has 1 fully saturated rings. The molecule has 2 aromatic heterocycles. The van der Waals surface area contributed by atoms with Crippen molar-refractivity contribution < 1.29 is 0 Å². The minimum atomic E-state index is 0.0234. The summed E-state index contributed by atoms with van der Waals surface area (Å²) >= 11 is 0. The second kappa shape index (κ2) is 5.53. The monoisotopic (exact) mass is 347 g/mol. The predicted molar refractivity (Wildman–Crippen MR) is 104 cm³/mol. The summed E-state index contributed by atoms with van der Waals surface area (Å²) < 4.78 is 2.47. The molecular weight excluding hydrogens is 322 g/mol. The largest absolute Gasteiger partial charge is 0.352 e. The number of rotatable bonds is 2. The highest BCUT2D eigenvalue weighted by Crippen LogP contribution is 2.37. The molecule has 2 aliphatic rings. The Labute approximate surface area is 154 Å². The van der Waals surface area contributed by atoms with Crippen molar-refractivity contribution in [1.29, 1.82) is 0 Å². The van der Waals surface area contributed by atoms with Crippen LogP contribution in [0.4, 0.5) is 5.82 Å². The molecule has 0 unspecified atom stereocenters. The van der Waals surface area contributed by atoms with Gasteiger partial charge in [0.1, 0.15) is 18.0 Å². The number of benzene rings is 1. The van der Waals surface area contributed by atoms with Gasteiger partial charge in [-0.1, -0.05) is 32.9 Å². The van der Waals surface area contributed by atoms with Gasteiger partial charge in [-0.2, -0.15) is 0 Å². The Kier molecular flexibility index (Phi) is 3.36. The topological polar surface area (TPSA) is 46.8 Å². The van der Waals surface area contributed by atoms with E-state index in [1.807, 2.05) is 0 Å². The van der Waals surface area contributed by atoms with Gasteiger partial charge in [-0.3, -0.25) is 0 Å². The van der Waals surface area contributed by atoms with Gasteiger partial charge >= 0.3 is 0 Å². The Hall–Kier alpha value is -2.43. The van der Waals surface area contributed by atoms with Gasteiger partial charge in [0.25, 0.3) is 0 Å². The average Bonchev–Trinajstić information content (AvgIpc) is 3.18. The van der Waals surface area contributed by atoms with Crippen LogP contribution in [0, 0.1) is 0 Å². The zero-order chi connectivity index (χ0) is 17.9. The van der Waals surface area contributed by atoms with Crippen LogP contribution < -0.4 is 4.90 Å². The number of para-hydroxylation sites is 2. The van der Waals surface area contributed by atoms with E-state index in [1.165, 1.54) is 29.0 Å². The van der Waals surface area contributed by atoms with Crippen LogP contribution >= 0.6 is 0 Å². The Balaban J connectivity index is 1.49. The van der Waals surface area contributed by atoms with Gasteiger partial charge in [-0.05, 0) is 31.4 Å². The van der Waals surface area contributed by atoms with E-state index in [4.69, 9.17) is 4.98 Å². The molecule has 0 N–H and O–H groups in total. The van der Waals surface area contributed by atoms with E-state index in [9.17, 15) is 0 Å². The highest BCUT2D eigenvalue weighted by atomic mass is 15.3. The molecule has 5 rings (SSSR count). The summed E-state index contributed by atoms with van der Waals surface area (Å²) in [6, 6.07) is 8.95. The summed E-state index contributed by atoms with van der Waals surface area (Å²) in [5.41, 5.74) is 4.99. The minimum absolute atomic E-state index is 0.0234. The van der Waals surface area contributed by atoms with Gasteiger partial charge in [0, 0.05) is 29.8 Å². The fourth-order valence-electron chi connectivity index (χ4n) is 4.35. The molecule has 0 atom stereocenters. The first-order valence-electron chi connectivity index (χ1n) is 9.57. The van der Waals surface area contributed by atoms with Crippen LogP contribution in [0.1, 0.15) is 50.3 Å². The molecule has 0 bridgehead atoms. The molecular formula is C21H25N5. The van der Waals surface area contributed by atoms with Crippen LogP contribution in [0.15, 0.2) is 30.6 Å². The molecule has 0 radical (unpaired) electrons. The van der Waals surface area contributed by atoms with Gasteiger partial charge in [-0.25, -0.2) is 15.0 Å². The number of fused-ring (bicyclic) bond motifs is 2.